The minimum Gasteiger partial charge on any atom is -0.463 e. The van der Waals surface area contributed by atoms with Gasteiger partial charge in [-0.1, -0.05) is 179 Å². The van der Waals surface area contributed by atoms with Crippen LogP contribution in [0.1, 0.15) is 232 Å². The Balaban J connectivity index is 3.42. The van der Waals surface area contributed by atoms with Gasteiger partial charge in [-0.3, -0.25) is 9.59 Å². The maximum Gasteiger partial charge on any atom is 0.305 e. The fraction of sp³-hybridized carbons (Fsp3) is 0.867. The zero-order valence-corrected chi connectivity index (χ0v) is 33.4. The Kier molecular flexibility index (Phi) is 40.4. The highest BCUT2D eigenvalue weighted by Gasteiger charge is 2.12. The highest BCUT2D eigenvalue weighted by Crippen LogP contribution is 2.14. The van der Waals surface area contributed by atoms with E-state index < -0.39 is 6.10 Å². The second kappa shape index (κ2) is 41.8. The number of aliphatic hydroxyl groups excluding tert-OH is 1. The standard InChI is InChI=1S/C45H84O5/c1-3-5-7-9-11-13-15-17-19-20-21-22-23-24-26-28-30-32-34-36-38-40-45(48)50-42-43(46)41-49-44(47)39-37-35-33-31-29-27-25-18-16-14-12-10-8-6-4-2/h18,24-26,43,46H,3-17,19-23,27-42H2,1-2H3. The van der Waals surface area contributed by atoms with Crippen LogP contribution < -0.4 is 0 Å². The molecule has 1 unspecified atom stereocenters. The van der Waals surface area contributed by atoms with Crippen molar-refractivity contribution < 1.29 is 24.2 Å². The predicted molar refractivity (Wildman–Crippen MR) is 215 cm³/mol. The molecule has 0 amide bonds. The molecular formula is C45H84O5. The van der Waals surface area contributed by atoms with Gasteiger partial charge >= 0.3 is 11.9 Å². The number of hydrogen-bond donors (Lipinski definition) is 1. The van der Waals surface area contributed by atoms with E-state index in [4.69, 9.17) is 9.47 Å². The molecule has 0 rings (SSSR count). The first kappa shape index (κ1) is 48.4. The van der Waals surface area contributed by atoms with E-state index >= 15 is 0 Å². The summed E-state index contributed by atoms with van der Waals surface area (Å²) in [5.41, 5.74) is 0. The summed E-state index contributed by atoms with van der Waals surface area (Å²) in [4.78, 5) is 24.0. The number of carbonyl (C=O) groups is 2. The van der Waals surface area contributed by atoms with E-state index in [0.29, 0.717) is 12.8 Å². The third-order valence-electron chi connectivity index (χ3n) is 9.66. The van der Waals surface area contributed by atoms with Gasteiger partial charge in [-0.15, -0.1) is 0 Å². The van der Waals surface area contributed by atoms with Crippen molar-refractivity contribution >= 4 is 11.9 Å². The largest absolute Gasteiger partial charge is 0.463 e. The zero-order chi connectivity index (χ0) is 36.4. The van der Waals surface area contributed by atoms with Crippen molar-refractivity contribution in [2.45, 2.75) is 238 Å². The molecule has 0 bridgehead atoms. The van der Waals surface area contributed by atoms with Crippen molar-refractivity contribution in [1.29, 1.82) is 0 Å². The molecule has 0 spiro atoms. The monoisotopic (exact) mass is 705 g/mol. The van der Waals surface area contributed by atoms with Crippen LogP contribution in [0.2, 0.25) is 0 Å². The smallest absolute Gasteiger partial charge is 0.305 e. The summed E-state index contributed by atoms with van der Waals surface area (Å²) < 4.78 is 10.3. The molecule has 1 N–H and O–H groups in total. The molecule has 5 nitrogen and oxygen atoms in total. The van der Waals surface area contributed by atoms with Gasteiger partial charge in [-0.25, -0.2) is 0 Å². The molecule has 0 saturated heterocycles. The maximum atomic E-state index is 12.0. The van der Waals surface area contributed by atoms with Crippen LogP contribution in [0.4, 0.5) is 0 Å². The third-order valence-corrected chi connectivity index (χ3v) is 9.66. The average molecular weight is 705 g/mol. The first-order valence-electron chi connectivity index (χ1n) is 21.9. The summed E-state index contributed by atoms with van der Waals surface area (Å²) in [7, 11) is 0. The average Bonchev–Trinajstić information content (AvgIpc) is 3.12. The van der Waals surface area contributed by atoms with Gasteiger partial charge in [0.05, 0.1) is 0 Å². The van der Waals surface area contributed by atoms with Gasteiger partial charge in [-0.05, 0) is 64.2 Å². The fourth-order valence-corrected chi connectivity index (χ4v) is 6.31. The fourth-order valence-electron chi connectivity index (χ4n) is 6.31. The Bertz CT molecular complexity index is 761. The summed E-state index contributed by atoms with van der Waals surface area (Å²) in [6.45, 7) is 4.30. The number of rotatable bonds is 40. The molecule has 0 fully saturated rings. The Morgan fingerprint density at radius 1 is 0.400 bits per heavy atom. The van der Waals surface area contributed by atoms with E-state index in [9.17, 15) is 14.7 Å². The molecule has 0 aliphatic rings. The molecule has 0 aliphatic carbocycles. The Hall–Kier alpha value is -1.62. The Morgan fingerprint density at radius 3 is 0.920 bits per heavy atom. The number of aliphatic hydroxyl groups is 1. The molecule has 0 aromatic carbocycles. The van der Waals surface area contributed by atoms with E-state index in [0.717, 1.165) is 51.4 Å². The molecule has 0 heterocycles. The van der Waals surface area contributed by atoms with Crippen LogP contribution in [0.5, 0.6) is 0 Å². The molecule has 294 valence electrons. The topological polar surface area (TPSA) is 72.8 Å². The van der Waals surface area contributed by atoms with E-state index in [-0.39, 0.29) is 25.2 Å². The lowest BCUT2D eigenvalue weighted by Gasteiger charge is -2.12. The summed E-state index contributed by atoms with van der Waals surface area (Å²) >= 11 is 0. The molecule has 50 heavy (non-hydrogen) atoms. The number of hydrogen-bond acceptors (Lipinski definition) is 5. The van der Waals surface area contributed by atoms with Crippen molar-refractivity contribution in [3.63, 3.8) is 0 Å². The van der Waals surface area contributed by atoms with Gasteiger partial charge in [-0.2, -0.15) is 0 Å². The lowest BCUT2D eigenvalue weighted by molar-refractivity contribution is -0.152. The van der Waals surface area contributed by atoms with Crippen LogP contribution in [0.3, 0.4) is 0 Å². The van der Waals surface area contributed by atoms with Gasteiger partial charge in [0, 0.05) is 12.8 Å². The van der Waals surface area contributed by atoms with E-state index in [2.05, 4.69) is 38.2 Å². The molecule has 0 radical (unpaired) electrons. The Labute approximate surface area is 311 Å². The van der Waals surface area contributed by atoms with Crippen LogP contribution in [0, 0.1) is 0 Å². The number of allylic oxidation sites excluding steroid dienone is 4. The highest BCUT2D eigenvalue weighted by atomic mass is 16.6. The normalized spacial score (nSPS) is 12.3. The second-order valence-electron chi connectivity index (χ2n) is 14.8. The number of unbranched alkanes of at least 4 members (excludes halogenated alkanes) is 28. The number of esters is 2. The SMILES string of the molecule is CCCCCCCCC=CCCCCCCCC(=O)OCC(O)COC(=O)CCCCCCCC=CCCCCCCCCCCCCCC. The van der Waals surface area contributed by atoms with Gasteiger partial charge in [0.1, 0.15) is 19.3 Å². The van der Waals surface area contributed by atoms with Crippen LogP contribution in [0.15, 0.2) is 24.3 Å². The van der Waals surface area contributed by atoms with Crippen molar-refractivity contribution in [2.75, 3.05) is 13.2 Å². The summed E-state index contributed by atoms with van der Waals surface area (Å²) in [5, 5.41) is 10.0. The Morgan fingerprint density at radius 2 is 0.640 bits per heavy atom. The molecule has 0 aliphatic heterocycles. The number of carbonyl (C=O) groups excluding carboxylic acids is 2. The van der Waals surface area contributed by atoms with E-state index in [1.165, 1.54) is 154 Å². The van der Waals surface area contributed by atoms with E-state index in [1.807, 2.05) is 0 Å². The minimum absolute atomic E-state index is 0.120. The van der Waals surface area contributed by atoms with Gasteiger partial charge in [0.15, 0.2) is 0 Å². The first-order valence-corrected chi connectivity index (χ1v) is 21.9. The van der Waals surface area contributed by atoms with Crippen LogP contribution >= 0.6 is 0 Å². The molecule has 0 saturated carbocycles. The molecule has 0 aromatic rings. The van der Waals surface area contributed by atoms with Gasteiger partial charge < -0.3 is 14.6 Å². The first-order chi connectivity index (χ1) is 24.6. The molecule has 0 aromatic heterocycles. The second-order valence-corrected chi connectivity index (χ2v) is 14.8. The third kappa shape index (κ3) is 40.8. The van der Waals surface area contributed by atoms with Crippen LogP contribution in [-0.2, 0) is 19.1 Å². The van der Waals surface area contributed by atoms with Crippen molar-refractivity contribution in [1.82, 2.24) is 0 Å². The quantitative estimate of drug-likeness (QED) is 0.0390. The minimum atomic E-state index is -0.968. The van der Waals surface area contributed by atoms with Crippen LogP contribution in [0.25, 0.3) is 0 Å². The summed E-state index contributed by atoms with van der Waals surface area (Å²) in [6, 6.07) is 0. The van der Waals surface area contributed by atoms with Gasteiger partial charge in [0.2, 0.25) is 0 Å². The maximum absolute atomic E-state index is 12.0. The van der Waals surface area contributed by atoms with Crippen LogP contribution in [-0.4, -0.2) is 36.4 Å². The summed E-state index contributed by atoms with van der Waals surface area (Å²) in [6.07, 6.45) is 49.6. The van der Waals surface area contributed by atoms with Crippen molar-refractivity contribution in [2.24, 2.45) is 0 Å². The summed E-state index contributed by atoms with van der Waals surface area (Å²) in [5.74, 6) is -0.576. The molecular weight excluding hydrogens is 620 g/mol. The van der Waals surface area contributed by atoms with Crippen molar-refractivity contribution in [3.05, 3.63) is 24.3 Å². The van der Waals surface area contributed by atoms with E-state index in [1.54, 1.807) is 0 Å². The highest BCUT2D eigenvalue weighted by molar-refractivity contribution is 5.69. The van der Waals surface area contributed by atoms with Crippen molar-refractivity contribution in [3.8, 4) is 0 Å². The van der Waals surface area contributed by atoms with Gasteiger partial charge in [0.25, 0.3) is 0 Å². The lowest BCUT2D eigenvalue weighted by atomic mass is 10.0. The predicted octanol–water partition coefficient (Wildman–Crippen LogP) is 13.8. The lowest BCUT2D eigenvalue weighted by Crippen LogP contribution is -2.25. The zero-order valence-electron chi connectivity index (χ0n) is 33.4. The number of ether oxygens (including phenoxy) is 2. The molecule has 1 atom stereocenters. The molecule has 5 heteroatoms.